The third-order valence-electron chi connectivity index (χ3n) is 4.25. The van der Waals surface area contributed by atoms with Crippen LogP contribution in [-0.2, 0) is 13.1 Å². The number of hydrogen-bond acceptors (Lipinski definition) is 6. The number of rotatable bonds is 6. The fourth-order valence-electron chi connectivity index (χ4n) is 2.96. The van der Waals surface area contributed by atoms with E-state index in [0.29, 0.717) is 6.54 Å². The maximum absolute atomic E-state index is 4.44. The Labute approximate surface area is 137 Å². The van der Waals surface area contributed by atoms with Gasteiger partial charge in [0.1, 0.15) is 24.3 Å². The molecule has 0 atom stereocenters. The quantitative estimate of drug-likeness (QED) is 0.813. The predicted molar refractivity (Wildman–Crippen MR) is 90.5 cm³/mol. The molecule has 2 aromatic rings. The van der Waals surface area contributed by atoms with Crippen molar-refractivity contribution in [2.24, 2.45) is 0 Å². The standard InChI is InChI=1S/C16H25N7/c1-3-7-23-13-19-20-16(23)11-21(2)14-10-15(18-12-17-14)22-8-5-4-6-9-22/h10,12-13H,3-9,11H2,1-2H3. The molecule has 0 unspecified atom stereocenters. The molecule has 23 heavy (non-hydrogen) atoms. The van der Waals surface area contributed by atoms with Crippen molar-refractivity contribution in [3.05, 3.63) is 24.5 Å². The Bertz CT molecular complexity index is 618. The Morgan fingerprint density at radius 2 is 2.00 bits per heavy atom. The molecule has 0 aliphatic carbocycles. The molecule has 1 saturated heterocycles. The van der Waals surface area contributed by atoms with Gasteiger partial charge < -0.3 is 14.4 Å². The Morgan fingerprint density at radius 1 is 1.17 bits per heavy atom. The normalized spacial score (nSPS) is 15.0. The van der Waals surface area contributed by atoms with Gasteiger partial charge in [-0.2, -0.15) is 0 Å². The SMILES string of the molecule is CCCn1cnnc1CN(C)c1cc(N2CCCCC2)ncn1. The summed E-state index contributed by atoms with van der Waals surface area (Å²) in [6.07, 6.45) is 8.34. The van der Waals surface area contributed by atoms with E-state index in [0.717, 1.165) is 43.5 Å². The minimum atomic E-state index is 0.691. The van der Waals surface area contributed by atoms with E-state index in [1.54, 1.807) is 12.7 Å². The monoisotopic (exact) mass is 315 g/mol. The molecular weight excluding hydrogens is 290 g/mol. The van der Waals surface area contributed by atoms with Crippen LogP contribution in [0.2, 0.25) is 0 Å². The lowest BCUT2D eigenvalue weighted by atomic mass is 10.1. The van der Waals surface area contributed by atoms with Gasteiger partial charge in [-0.05, 0) is 25.7 Å². The molecule has 0 radical (unpaired) electrons. The zero-order valence-corrected chi connectivity index (χ0v) is 14.0. The highest BCUT2D eigenvalue weighted by Crippen LogP contribution is 2.21. The van der Waals surface area contributed by atoms with Crippen LogP contribution in [0, 0.1) is 0 Å². The first-order chi connectivity index (χ1) is 11.3. The Hall–Kier alpha value is -2.18. The van der Waals surface area contributed by atoms with Gasteiger partial charge in [0.05, 0.1) is 6.54 Å². The molecule has 3 rings (SSSR count). The number of aromatic nitrogens is 5. The van der Waals surface area contributed by atoms with Gasteiger partial charge in [-0.15, -0.1) is 10.2 Å². The molecular formula is C16H25N7. The minimum Gasteiger partial charge on any atom is -0.356 e. The van der Waals surface area contributed by atoms with E-state index >= 15 is 0 Å². The van der Waals surface area contributed by atoms with Crippen molar-refractivity contribution in [1.82, 2.24) is 24.7 Å². The molecule has 2 aromatic heterocycles. The highest BCUT2D eigenvalue weighted by molar-refractivity contribution is 5.49. The summed E-state index contributed by atoms with van der Waals surface area (Å²) in [6, 6.07) is 2.08. The third-order valence-corrected chi connectivity index (χ3v) is 4.25. The first kappa shape index (κ1) is 15.7. The molecule has 124 valence electrons. The lowest BCUT2D eigenvalue weighted by Crippen LogP contribution is -2.30. The van der Waals surface area contributed by atoms with Gasteiger partial charge in [0, 0.05) is 32.7 Å². The van der Waals surface area contributed by atoms with Crippen LogP contribution in [0.4, 0.5) is 11.6 Å². The lowest BCUT2D eigenvalue weighted by molar-refractivity contribution is 0.573. The number of anilines is 2. The zero-order valence-electron chi connectivity index (χ0n) is 14.0. The second-order valence-corrected chi connectivity index (χ2v) is 6.08. The Morgan fingerprint density at radius 3 is 2.78 bits per heavy atom. The first-order valence-electron chi connectivity index (χ1n) is 8.42. The summed E-state index contributed by atoms with van der Waals surface area (Å²) in [5.41, 5.74) is 0. The molecule has 0 saturated carbocycles. The van der Waals surface area contributed by atoms with Gasteiger partial charge >= 0.3 is 0 Å². The van der Waals surface area contributed by atoms with Gasteiger partial charge in [-0.25, -0.2) is 9.97 Å². The summed E-state index contributed by atoms with van der Waals surface area (Å²) in [7, 11) is 2.04. The van der Waals surface area contributed by atoms with Gasteiger partial charge in [0.25, 0.3) is 0 Å². The number of aryl methyl sites for hydroxylation is 1. The lowest BCUT2D eigenvalue weighted by Gasteiger charge is -2.28. The molecule has 0 N–H and O–H groups in total. The fraction of sp³-hybridized carbons (Fsp3) is 0.625. The zero-order chi connectivity index (χ0) is 16.1. The molecule has 0 bridgehead atoms. The number of hydrogen-bond donors (Lipinski definition) is 0. The van der Waals surface area contributed by atoms with Crippen LogP contribution in [-0.4, -0.2) is 44.9 Å². The molecule has 1 fully saturated rings. The van der Waals surface area contributed by atoms with E-state index in [4.69, 9.17) is 0 Å². The molecule has 0 spiro atoms. The van der Waals surface area contributed by atoms with Crippen LogP contribution >= 0.6 is 0 Å². The fourth-order valence-corrected chi connectivity index (χ4v) is 2.96. The summed E-state index contributed by atoms with van der Waals surface area (Å²) in [5.74, 6) is 2.91. The van der Waals surface area contributed by atoms with E-state index < -0.39 is 0 Å². The predicted octanol–water partition coefficient (Wildman–Crippen LogP) is 2.10. The van der Waals surface area contributed by atoms with Gasteiger partial charge in [-0.3, -0.25) is 0 Å². The second kappa shape index (κ2) is 7.39. The van der Waals surface area contributed by atoms with Gasteiger partial charge in [0.15, 0.2) is 5.82 Å². The number of nitrogens with zero attached hydrogens (tertiary/aromatic N) is 7. The molecule has 7 nitrogen and oxygen atoms in total. The minimum absolute atomic E-state index is 0.691. The summed E-state index contributed by atoms with van der Waals surface area (Å²) in [5, 5.41) is 8.25. The molecule has 1 aliphatic heterocycles. The average Bonchev–Trinajstić information content (AvgIpc) is 3.03. The van der Waals surface area contributed by atoms with Crippen LogP contribution in [0.3, 0.4) is 0 Å². The van der Waals surface area contributed by atoms with Crippen molar-refractivity contribution in [2.75, 3.05) is 29.9 Å². The van der Waals surface area contributed by atoms with E-state index in [2.05, 4.69) is 47.5 Å². The molecule has 1 aliphatic rings. The molecule has 0 aromatic carbocycles. The summed E-state index contributed by atoms with van der Waals surface area (Å²) in [6.45, 7) is 5.97. The van der Waals surface area contributed by atoms with Crippen molar-refractivity contribution in [1.29, 1.82) is 0 Å². The van der Waals surface area contributed by atoms with E-state index in [1.807, 2.05) is 7.05 Å². The third kappa shape index (κ3) is 3.78. The topological polar surface area (TPSA) is 63.0 Å². The first-order valence-corrected chi connectivity index (χ1v) is 8.42. The van der Waals surface area contributed by atoms with Crippen molar-refractivity contribution >= 4 is 11.6 Å². The van der Waals surface area contributed by atoms with Crippen molar-refractivity contribution < 1.29 is 0 Å². The van der Waals surface area contributed by atoms with Crippen LogP contribution in [0.5, 0.6) is 0 Å². The highest BCUT2D eigenvalue weighted by atomic mass is 15.3. The van der Waals surface area contributed by atoms with Crippen molar-refractivity contribution in [2.45, 2.75) is 45.7 Å². The van der Waals surface area contributed by atoms with Crippen LogP contribution in [0.25, 0.3) is 0 Å². The Balaban J connectivity index is 1.71. The summed E-state index contributed by atoms with van der Waals surface area (Å²) < 4.78 is 2.10. The van der Waals surface area contributed by atoms with Crippen molar-refractivity contribution in [3.8, 4) is 0 Å². The van der Waals surface area contributed by atoms with Crippen LogP contribution in [0.15, 0.2) is 18.7 Å². The van der Waals surface area contributed by atoms with E-state index in [9.17, 15) is 0 Å². The molecule has 0 amide bonds. The second-order valence-electron chi connectivity index (χ2n) is 6.08. The number of piperidine rings is 1. The van der Waals surface area contributed by atoms with E-state index in [-0.39, 0.29) is 0 Å². The Kier molecular flexibility index (Phi) is 5.05. The van der Waals surface area contributed by atoms with Crippen LogP contribution in [0.1, 0.15) is 38.4 Å². The largest absolute Gasteiger partial charge is 0.356 e. The molecule has 3 heterocycles. The van der Waals surface area contributed by atoms with E-state index in [1.165, 1.54) is 19.3 Å². The smallest absolute Gasteiger partial charge is 0.152 e. The summed E-state index contributed by atoms with van der Waals surface area (Å²) >= 11 is 0. The van der Waals surface area contributed by atoms with Gasteiger partial charge in [0.2, 0.25) is 0 Å². The highest BCUT2D eigenvalue weighted by Gasteiger charge is 2.15. The average molecular weight is 315 g/mol. The summed E-state index contributed by atoms with van der Waals surface area (Å²) in [4.78, 5) is 13.3. The maximum atomic E-state index is 4.44. The maximum Gasteiger partial charge on any atom is 0.152 e. The van der Waals surface area contributed by atoms with Crippen molar-refractivity contribution in [3.63, 3.8) is 0 Å². The van der Waals surface area contributed by atoms with Gasteiger partial charge in [-0.1, -0.05) is 6.92 Å². The van der Waals surface area contributed by atoms with Crippen LogP contribution < -0.4 is 9.80 Å². The molecule has 7 heteroatoms.